The topological polar surface area (TPSA) is 52.6 Å². The first-order valence-corrected chi connectivity index (χ1v) is 7.14. The zero-order valence-corrected chi connectivity index (χ0v) is 12.3. The lowest BCUT2D eigenvalue weighted by molar-refractivity contribution is 0.0697. The van der Waals surface area contributed by atoms with Crippen LogP contribution in [0.5, 0.6) is 0 Å². The van der Waals surface area contributed by atoms with Crippen molar-refractivity contribution in [2.24, 2.45) is 0 Å². The van der Waals surface area contributed by atoms with Gasteiger partial charge in [0.05, 0.1) is 16.3 Å². The molecule has 0 spiro atoms. The van der Waals surface area contributed by atoms with Gasteiger partial charge in [-0.3, -0.25) is 0 Å². The summed E-state index contributed by atoms with van der Waals surface area (Å²) in [7, 11) is 0.964. The van der Waals surface area contributed by atoms with Crippen LogP contribution in [-0.4, -0.2) is 29.4 Å². The Bertz CT molecular complexity index is 697. The fraction of sp³-hybridized carbons (Fsp3) is 0.133. The molecule has 0 fully saturated rings. The van der Waals surface area contributed by atoms with E-state index in [1.807, 2.05) is 6.20 Å². The number of hydrogen-bond donors (Lipinski definition) is 2. The van der Waals surface area contributed by atoms with Crippen LogP contribution >= 0.6 is 11.6 Å². The molecule has 1 aromatic carbocycles. The van der Waals surface area contributed by atoms with Crippen LogP contribution in [-0.2, 0) is 0 Å². The van der Waals surface area contributed by atoms with Crippen LogP contribution in [0, 0.1) is 0 Å². The van der Waals surface area contributed by atoms with Crippen LogP contribution in [0.25, 0.3) is 5.70 Å². The second-order valence-electron chi connectivity index (χ2n) is 4.96. The number of rotatable bonds is 3. The summed E-state index contributed by atoms with van der Waals surface area (Å²) in [5.41, 5.74) is 3.23. The van der Waals surface area contributed by atoms with Gasteiger partial charge in [-0.15, -0.1) is 0 Å². The SMILES string of the molecule is CBC1=CN2C(c3ccc(C(=O)O)c(Cl)c3)=CNC2C=C1. The molecule has 1 aromatic rings. The van der Waals surface area contributed by atoms with E-state index >= 15 is 0 Å². The largest absolute Gasteiger partial charge is 0.478 e. The molecule has 2 aliphatic heterocycles. The number of fused-ring (bicyclic) bond motifs is 1. The molecule has 1 atom stereocenters. The second-order valence-corrected chi connectivity index (χ2v) is 5.37. The van der Waals surface area contributed by atoms with Crippen molar-refractivity contribution >= 4 is 30.5 Å². The maximum absolute atomic E-state index is 11.0. The quantitative estimate of drug-likeness (QED) is 0.842. The molecule has 6 heteroatoms. The van der Waals surface area contributed by atoms with Gasteiger partial charge in [0.2, 0.25) is 0 Å². The number of carboxylic acid groups (broad SMARTS) is 1. The molecular weight excluding hydrogens is 286 g/mol. The molecule has 21 heavy (non-hydrogen) atoms. The standard InChI is InChI=1S/C15H14BClN2O2/c1-16-10-3-5-14-18-7-13(19(14)8-10)9-2-4-11(15(20)21)12(17)6-9/h2-8,14,16,18H,1H3,(H,20,21). The smallest absolute Gasteiger partial charge is 0.337 e. The molecule has 2 heterocycles. The molecule has 2 N–H and O–H groups in total. The van der Waals surface area contributed by atoms with Gasteiger partial charge >= 0.3 is 5.97 Å². The van der Waals surface area contributed by atoms with Gasteiger partial charge in [-0.1, -0.05) is 36.0 Å². The Hall–Kier alpha value is -2.14. The minimum atomic E-state index is -1.02. The fourth-order valence-corrected chi connectivity index (χ4v) is 2.75. The van der Waals surface area contributed by atoms with E-state index in [4.69, 9.17) is 16.7 Å². The summed E-state index contributed by atoms with van der Waals surface area (Å²) >= 11 is 6.06. The van der Waals surface area contributed by atoms with Crippen molar-refractivity contribution in [3.8, 4) is 0 Å². The first-order chi connectivity index (χ1) is 10.1. The van der Waals surface area contributed by atoms with Crippen LogP contribution in [0.4, 0.5) is 0 Å². The number of allylic oxidation sites excluding steroid dienone is 2. The van der Waals surface area contributed by atoms with Crippen LogP contribution in [0.1, 0.15) is 15.9 Å². The molecule has 0 saturated heterocycles. The number of hydrogen-bond acceptors (Lipinski definition) is 3. The summed E-state index contributed by atoms with van der Waals surface area (Å²) in [4.78, 5) is 13.2. The minimum Gasteiger partial charge on any atom is -0.478 e. The predicted molar refractivity (Wildman–Crippen MR) is 85.4 cm³/mol. The third-order valence-electron chi connectivity index (χ3n) is 3.67. The molecule has 0 bridgehead atoms. The number of nitrogens with one attached hydrogen (secondary N) is 1. The lowest BCUT2D eigenvalue weighted by Crippen LogP contribution is -2.33. The van der Waals surface area contributed by atoms with Crippen molar-refractivity contribution in [2.45, 2.75) is 13.0 Å². The molecule has 0 aromatic heterocycles. The molecule has 0 aliphatic carbocycles. The van der Waals surface area contributed by atoms with Crippen LogP contribution in [0.2, 0.25) is 11.8 Å². The Balaban J connectivity index is 1.95. The summed E-state index contributed by atoms with van der Waals surface area (Å²) in [5.74, 6) is -1.02. The van der Waals surface area contributed by atoms with Gasteiger partial charge < -0.3 is 15.3 Å². The van der Waals surface area contributed by atoms with E-state index in [0.29, 0.717) is 0 Å². The molecule has 106 valence electrons. The summed E-state index contributed by atoms with van der Waals surface area (Å²) in [5, 5.41) is 12.6. The van der Waals surface area contributed by atoms with E-state index in [1.54, 1.807) is 18.2 Å². The van der Waals surface area contributed by atoms with Gasteiger partial charge in [-0.2, -0.15) is 0 Å². The van der Waals surface area contributed by atoms with E-state index in [2.05, 4.69) is 35.4 Å². The van der Waals surface area contributed by atoms with E-state index in [0.717, 1.165) is 18.5 Å². The first-order valence-electron chi connectivity index (χ1n) is 6.77. The van der Waals surface area contributed by atoms with Gasteiger partial charge in [-0.25, -0.2) is 4.79 Å². The monoisotopic (exact) mass is 300 g/mol. The molecule has 1 unspecified atom stereocenters. The lowest BCUT2D eigenvalue weighted by Gasteiger charge is -2.27. The van der Waals surface area contributed by atoms with Crippen molar-refractivity contribution in [3.63, 3.8) is 0 Å². The number of aromatic carboxylic acids is 1. The second kappa shape index (κ2) is 5.33. The maximum atomic E-state index is 11.0. The van der Waals surface area contributed by atoms with E-state index in [1.165, 1.54) is 5.47 Å². The van der Waals surface area contributed by atoms with Crippen molar-refractivity contribution in [2.75, 3.05) is 0 Å². The number of carbonyl (C=O) groups is 1. The molecule has 3 rings (SSSR count). The summed E-state index contributed by atoms with van der Waals surface area (Å²) < 4.78 is 0. The van der Waals surface area contributed by atoms with E-state index in [-0.39, 0.29) is 16.8 Å². The number of benzene rings is 1. The van der Waals surface area contributed by atoms with E-state index in [9.17, 15) is 4.79 Å². The zero-order chi connectivity index (χ0) is 15.0. The Labute approximate surface area is 128 Å². The number of carboxylic acids is 1. The van der Waals surface area contributed by atoms with Crippen LogP contribution < -0.4 is 5.32 Å². The molecule has 4 nitrogen and oxygen atoms in total. The highest BCUT2D eigenvalue weighted by molar-refractivity contribution is 6.44. The fourth-order valence-electron chi connectivity index (χ4n) is 2.49. The third-order valence-corrected chi connectivity index (χ3v) is 3.98. The molecule has 2 aliphatic rings. The Kier molecular flexibility index (Phi) is 3.51. The highest BCUT2D eigenvalue weighted by Gasteiger charge is 2.26. The lowest BCUT2D eigenvalue weighted by atomic mass is 9.72. The van der Waals surface area contributed by atoms with Crippen molar-refractivity contribution in [3.05, 3.63) is 64.4 Å². The summed E-state index contributed by atoms with van der Waals surface area (Å²) in [6, 6.07) is 5.01. The minimum absolute atomic E-state index is 0.105. The predicted octanol–water partition coefficient (Wildman–Crippen LogP) is 2.46. The first kappa shape index (κ1) is 13.8. The summed E-state index contributed by atoms with van der Waals surface area (Å²) in [6.07, 6.45) is 8.36. The maximum Gasteiger partial charge on any atom is 0.337 e. The van der Waals surface area contributed by atoms with Gasteiger partial charge in [-0.05, 0) is 18.2 Å². The van der Waals surface area contributed by atoms with Gasteiger partial charge in [0.25, 0.3) is 0 Å². The number of halogens is 1. The van der Waals surface area contributed by atoms with Crippen molar-refractivity contribution < 1.29 is 9.90 Å². The summed E-state index contributed by atoms with van der Waals surface area (Å²) in [6.45, 7) is 2.11. The molecular formula is C15H14BClN2O2. The average molecular weight is 301 g/mol. The highest BCUT2D eigenvalue weighted by atomic mass is 35.5. The zero-order valence-electron chi connectivity index (χ0n) is 11.5. The Morgan fingerprint density at radius 1 is 1.48 bits per heavy atom. The number of nitrogens with zero attached hydrogens (tertiary/aromatic N) is 1. The van der Waals surface area contributed by atoms with Crippen LogP contribution in [0.15, 0.2) is 48.2 Å². The molecule has 0 saturated carbocycles. The van der Waals surface area contributed by atoms with E-state index < -0.39 is 5.97 Å². The van der Waals surface area contributed by atoms with Crippen molar-refractivity contribution in [1.29, 1.82) is 0 Å². The van der Waals surface area contributed by atoms with Crippen LogP contribution in [0.3, 0.4) is 0 Å². The van der Waals surface area contributed by atoms with Gasteiger partial charge in [0.1, 0.15) is 6.17 Å². The van der Waals surface area contributed by atoms with Crippen molar-refractivity contribution in [1.82, 2.24) is 10.2 Å². The highest BCUT2D eigenvalue weighted by Crippen LogP contribution is 2.31. The van der Waals surface area contributed by atoms with Gasteiger partial charge in [0, 0.05) is 18.0 Å². The van der Waals surface area contributed by atoms with Gasteiger partial charge in [0.15, 0.2) is 7.28 Å². The molecule has 0 radical (unpaired) electrons. The normalized spacial score (nSPS) is 19.5. The molecule has 0 amide bonds. The average Bonchev–Trinajstić information content (AvgIpc) is 2.89. The Morgan fingerprint density at radius 3 is 2.95 bits per heavy atom. The Morgan fingerprint density at radius 2 is 2.29 bits per heavy atom. The third kappa shape index (κ3) is 2.45.